The van der Waals surface area contributed by atoms with Crippen LogP contribution in [0.1, 0.15) is 42.1 Å². The second-order valence-corrected chi connectivity index (χ2v) is 6.99. The Bertz CT molecular complexity index is 602. The first-order valence-corrected chi connectivity index (χ1v) is 8.92. The van der Waals surface area contributed by atoms with E-state index in [0.717, 1.165) is 21.8 Å². The third-order valence-electron chi connectivity index (χ3n) is 3.83. The van der Waals surface area contributed by atoms with E-state index >= 15 is 0 Å². The third kappa shape index (κ3) is 3.97. The highest BCUT2D eigenvalue weighted by atomic mass is 79.9. The van der Waals surface area contributed by atoms with Crippen LogP contribution in [-0.2, 0) is 12.8 Å². The molecule has 0 saturated carbocycles. The van der Waals surface area contributed by atoms with Crippen LogP contribution in [0.25, 0.3) is 0 Å². The van der Waals surface area contributed by atoms with Gasteiger partial charge in [-0.3, -0.25) is 0 Å². The zero-order chi connectivity index (χ0) is 15.4. The monoisotopic (exact) mass is 409 g/mol. The molecule has 2 aromatic carbocycles. The maximum atomic E-state index is 3.58. The smallest absolute Gasteiger partial charge is 0.0575 e. The summed E-state index contributed by atoms with van der Waals surface area (Å²) in [7, 11) is 2.01. The number of halogens is 2. The molecule has 2 aromatic rings. The third-order valence-corrected chi connectivity index (χ3v) is 4.75. The Balaban J connectivity index is 2.45. The van der Waals surface area contributed by atoms with Crippen LogP contribution in [-0.4, -0.2) is 7.05 Å². The molecule has 1 atom stereocenters. The van der Waals surface area contributed by atoms with E-state index in [1.807, 2.05) is 7.05 Å². The zero-order valence-corrected chi connectivity index (χ0v) is 15.9. The molecular formula is C18H21Br2N. The minimum atomic E-state index is 0.204. The Morgan fingerprint density at radius 2 is 1.48 bits per heavy atom. The van der Waals surface area contributed by atoms with Crippen LogP contribution in [0.4, 0.5) is 0 Å². The maximum Gasteiger partial charge on any atom is 0.0575 e. The lowest BCUT2D eigenvalue weighted by molar-refractivity contribution is 0.689. The van der Waals surface area contributed by atoms with Crippen LogP contribution in [0, 0.1) is 0 Å². The van der Waals surface area contributed by atoms with Crippen molar-refractivity contribution in [1.29, 1.82) is 0 Å². The molecule has 3 heteroatoms. The fourth-order valence-electron chi connectivity index (χ4n) is 2.77. The van der Waals surface area contributed by atoms with Crippen molar-refractivity contribution in [2.45, 2.75) is 32.7 Å². The Hall–Kier alpha value is -0.640. The van der Waals surface area contributed by atoms with Crippen molar-refractivity contribution in [3.8, 4) is 0 Å². The summed E-state index contributed by atoms with van der Waals surface area (Å²) in [5.74, 6) is 0. The van der Waals surface area contributed by atoms with Crippen LogP contribution >= 0.6 is 31.9 Å². The van der Waals surface area contributed by atoms with Crippen molar-refractivity contribution in [2.75, 3.05) is 7.05 Å². The molecule has 0 spiro atoms. The molecular weight excluding hydrogens is 390 g/mol. The summed E-state index contributed by atoms with van der Waals surface area (Å²) >= 11 is 7.15. The molecule has 1 nitrogen and oxygen atoms in total. The van der Waals surface area contributed by atoms with Gasteiger partial charge in [0.15, 0.2) is 0 Å². The van der Waals surface area contributed by atoms with Crippen LogP contribution < -0.4 is 5.32 Å². The van der Waals surface area contributed by atoms with Gasteiger partial charge in [0.1, 0.15) is 0 Å². The lowest BCUT2D eigenvalue weighted by Gasteiger charge is -2.20. The van der Waals surface area contributed by atoms with E-state index in [-0.39, 0.29) is 6.04 Å². The second kappa shape index (κ2) is 7.57. The van der Waals surface area contributed by atoms with Gasteiger partial charge in [0, 0.05) is 8.95 Å². The average Bonchev–Trinajstić information content (AvgIpc) is 2.46. The molecule has 0 saturated heterocycles. The number of hydrogen-bond acceptors (Lipinski definition) is 1. The van der Waals surface area contributed by atoms with Crippen LogP contribution in [0.2, 0.25) is 0 Å². The molecule has 1 unspecified atom stereocenters. The topological polar surface area (TPSA) is 12.0 Å². The predicted octanol–water partition coefficient (Wildman–Crippen LogP) is 5.65. The fourth-order valence-corrected chi connectivity index (χ4v) is 4.10. The number of aryl methyl sites for hydroxylation is 2. The van der Waals surface area contributed by atoms with Gasteiger partial charge < -0.3 is 5.32 Å². The van der Waals surface area contributed by atoms with E-state index in [1.165, 1.54) is 22.3 Å². The molecule has 112 valence electrons. The molecule has 0 radical (unpaired) electrons. The van der Waals surface area contributed by atoms with E-state index in [0.29, 0.717) is 0 Å². The van der Waals surface area contributed by atoms with Crippen molar-refractivity contribution in [1.82, 2.24) is 5.32 Å². The first-order chi connectivity index (χ1) is 10.1. The Morgan fingerprint density at radius 3 is 2.00 bits per heavy atom. The summed E-state index contributed by atoms with van der Waals surface area (Å²) in [6.45, 7) is 4.44. The maximum absolute atomic E-state index is 3.58. The first kappa shape index (κ1) is 16.7. The molecule has 0 aromatic heterocycles. The molecule has 0 fully saturated rings. The number of rotatable bonds is 5. The Kier molecular flexibility index (Phi) is 6.03. The summed E-state index contributed by atoms with van der Waals surface area (Å²) in [5.41, 5.74) is 5.47. The largest absolute Gasteiger partial charge is 0.309 e. The average molecular weight is 411 g/mol. The molecule has 0 bridgehead atoms. The van der Waals surface area contributed by atoms with Gasteiger partial charge in [-0.05, 0) is 60.3 Å². The van der Waals surface area contributed by atoms with Gasteiger partial charge in [0.2, 0.25) is 0 Å². The number of nitrogens with one attached hydrogen (secondary N) is 1. The standard InChI is InChI=1S/C18H21Br2N/c1-4-12-6-7-14(8-13(12)5-2)18(21-3)15-9-16(19)11-17(20)10-15/h6-11,18,21H,4-5H2,1-3H3. The van der Waals surface area contributed by atoms with E-state index < -0.39 is 0 Å². The van der Waals surface area contributed by atoms with Gasteiger partial charge in [-0.1, -0.05) is 63.9 Å². The van der Waals surface area contributed by atoms with Crippen LogP contribution in [0.3, 0.4) is 0 Å². The van der Waals surface area contributed by atoms with Crippen molar-refractivity contribution >= 4 is 31.9 Å². The van der Waals surface area contributed by atoms with Crippen molar-refractivity contribution in [2.24, 2.45) is 0 Å². The van der Waals surface area contributed by atoms with Gasteiger partial charge in [0.05, 0.1) is 6.04 Å². The number of hydrogen-bond donors (Lipinski definition) is 1. The van der Waals surface area contributed by atoms with E-state index in [9.17, 15) is 0 Å². The van der Waals surface area contributed by atoms with Gasteiger partial charge in [0.25, 0.3) is 0 Å². The minimum Gasteiger partial charge on any atom is -0.309 e. The van der Waals surface area contributed by atoms with Crippen molar-refractivity contribution in [3.63, 3.8) is 0 Å². The zero-order valence-electron chi connectivity index (χ0n) is 12.7. The Morgan fingerprint density at radius 1 is 0.857 bits per heavy atom. The number of benzene rings is 2. The molecule has 2 rings (SSSR count). The summed E-state index contributed by atoms with van der Waals surface area (Å²) in [6.07, 6.45) is 2.17. The van der Waals surface area contributed by atoms with Gasteiger partial charge >= 0.3 is 0 Å². The van der Waals surface area contributed by atoms with Crippen molar-refractivity contribution < 1.29 is 0 Å². The molecule has 0 heterocycles. The highest BCUT2D eigenvalue weighted by molar-refractivity contribution is 9.11. The first-order valence-electron chi connectivity index (χ1n) is 7.34. The SMILES string of the molecule is CCc1ccc(C(NC)c2cc(Br)cc(Br)c2)cc1CC. The lowest BCUT2D eigenvalue weighted by atomic mass is 9.93. The van der Waals surface area contributed by atoms with Gasteiger partial charge in [-0.2, -0.15) is 0 Å². The molecule has 21 heavy (non-hydrogen) atoms. The van der Waals surface area contributed by atoms with E-state index in [1.54, 1.807) is 0 Å². The van der Waals surface area contributed by atoms with Gasteiger partial charge in [-0.25, -0.2) is 0 Å². The summed E-state index contributed by atoms with van der Waals surface area (Å²) in [5, 5.41) is 3.44. The second-order valence-electron chi connectivity index (χ2n) is 5.16. The Labute approximate surface area is 144 Å². The minimum absolute atomic E-state index is 0.204. The molecule has 1 N–H and O–H groups in total. The van der Waals surface area contributed by atoms with Crippen molar-refractivity contribution in [3.05, 3.63) is 67.6 Å². The van der Waals surface area contributed by atoms with E-state index in [2.05, 4.69) is 87.4 Å². The predicted molar refractivity (Wildman–Crippen MR) is 97.9 cm³/mol. The summed E-state index contributed by atoms with van der Waals surface area (Å²) in [6, 6.07) is 13.5. The van der Waals surface area contributed by atoms with Crippen LogP contribution in [0.15, 0.2) is 45.3 Å². The fraction of sp³-hybridized carbons (Fsp3) is 0.333. The van der Waals surface area contributed by atoms with Crippen LogP contribution in [0.5, 0.6) is 0 Å². The quantitative estimate of drug-likeness (QED) is 0.671. The van der Waals surface area contributed by atoms with Gasteiger partial charge in [-0.15, -0.1) is 0 Å². The highest BCUT2D eigenvalue weighted by Gasteiger charge is 2.14. The summed E-state index contributed by atoms with van der Waals surface area (Å²) in [4.78, 5) is 0. The normalized spacial score (nSPS) is 12.4. The molecule has 0 amide bonds. The lowest BCUT2D eigenvalue weighted by Crippen LogP contribution is -2.18. The summed E-state index contributed by atoms with van der Waals surface area (Å²) < 4.78 is 2.18. The van der Waals surface area contributed by atoms with E-state index in [4.69, 9.17) is 0 Å². The molecule has 0 aliphatic rings. The highest BCUT2D eigenvalue weighted by Crippen LogP contribution is 2.29. The molecule has 0 aliphatic carbocycles. The molecule has 0 aliphatic heterocycles.